The minimum Gasteiger partial charge on any atom is -0.493 e. The minimum atomic E-state index is -1.54. The molecule has 1 heterocycles. The first-order valence-electron chi connectivity index (χ1n) is 15.1. The van der Waals surface area contributed by atoms with Gasteiger partial charge in [0.2, 0.25) is 0 Å². The highest BCUT2D eigenvalue weighted by Gasteiger charge is 2.71. The number of carboxylic acid groups (broad SMARTS) is 1. The summed E-state index contributed by atoms with van der Waals surface area (Å²) >= 11 is 0. The molecule has 13 heteroatoms. The molecule has 45 heavy (non-hydrogen) atoms. The van der Waals surface area contributed by atoms with Crippen molar-refractivity contribution in [2.75, 3.05) is 7.11 Å². The van der Waals surface area contributed by atoms with Crippen LogP contribution >= 0.6 is 0 Å². The van der Waals surface area contributed by atoms with Gasteiger partial charge in [0, 0.05) is 12.0 Å². The van der Waals surface area contributed by atoms with Crippen LogP contribution in [0.3, 0.4) is 0 Å². The molecule has 1 fully saturated rings. The molecule has 5 rings (SSSR count). The Bertz CT molecular complexity index is 1450. The van der Waals surface area contributed by atoms with E-state index in [2.05, 4.69) is 0 Å². The van der Waals surface area contributed by atoms with Crippen molar-refractivity contribution in [2.24, 2.45) is 11.8 Å². The zero-order valence-corrected chi connectivity index (χ0v) is 25.6. The largest absolute Gasteiger partial charge is 0.493 e. The van der Waals surface area contributed by atoms with Crippen LogP contribution in [0.2, 0.25) is 0 Å². The lowest BCUT2D eigenvalue weighted by Gasteiger charge is -2.59. The van der Waals surface area contributed by atoms with Crippen LogP contribution in [0, 0.1) is 11.8 Å². The summed E-state index contributed by atoms with van der Waals surface area (Å²) in [5.41, 5.74) is -0.0783. The summed E-state index contributed by atoms with van der Waals surface area (Å²) in [5, 5.41) is 30.9. The van der Waals surface area contributed by atoms with E-state index < -0.39 is 83.9 Å². The van der Waals surface area contributed by atoms with Crippen LogP contribution in [0.25, 0.3) is 0 Å². The van der Waals surface area contributed by atoms with Crippen LogP contribution in [0.4, 0.5) is 0 Å². The standard InChI is InChI=1S/C32H38O13/c1-15(33)21(34)13-19(30(39)43-17(3)29(38)42-16(2)28(36)37)14-24(35)44-23-9-11-32(40)20-6-5-10-31(32)25-18(12-20)7-8-22(41-4)26(25)45-27(23)31/h7-9,15-17,19-20,27,33,40H,5-6,10-14H2,1-4H3,(H,36,37)/t15-,16-,17-,19-,20-,27+,31+,32-/m0/s1. The maximum absolute atomic E-state index is 13.4. The van der Waals surface area contributed by atoms with Gasteiger partial charge in [-0.25, -0.2) is 9.59 Å². The van der Waals surface area contributed by atoms with Gasteiger partial charge in [-0.15, -0.1) is 0 Å². The summed E-state index contributed by atoms with van der Waals surface area (Å²) in [6.45, 7) is 3.50. The molecule has 0 unspecified atom stereocenters. The van der Waals surface area contributed by atoms with Crippen molar-refractivity contribution in [2.45, 2.75) is 101 Å². The first-order chi connectivity index (χ1) is 21.2. The number of ketones is 1. The summed E-state index contributed by atoms with van der Waals surface area (Å²) in [5.74, 6) is -5.57. The second-order valence-electron chi connectivity index (χ2n) is 12.3. The predicted octanol–water partition coefficient (Wildman–Crippen LogP) is 1.91. The molecule has 1 spiro atoms. The number of methoxy groups -OCH3 is 1. The molecule has 3 N–H and O–H groups in total. The SMILES string of the molecule is COc1ccc2c3c1O[C@@H]1C(OC(=O)C[C@H](CC(=O)[C@H](C)O)C(=O)O[C@@H](C)C(=O)O[C@@H](C)C(=O)O)=CC[C@]4(O)[C@@H](CCC[C@@]314)C2. The number of ether oxygens (including phenoxy) is 5. The Morgan fingerprint density at radius 3 is 2.42 bits per heavy atom. The first-order valence-corrected chi connectivity index (χ1v) is 15.1. The monoisotopic (exact) mass is 630 g/mol. The van der Waals surface area contributed by atoms with Gasteiger partial charge in [-0.1, -0.05) is 12.5 Å². The summed E-state index contributed by atoms with van der Waals surface area (Å²) in [7, 11) is 1.53. The molecule has 13 nitrogen and oxygen atoms in total. The molecule has 244 valence electrons. The Hall–Kier alpha value is -3.97. The van der Waals surface area contributed by atoms with E-state index in [0.29, 0.717) is 24.3 Å². The van der Waals surface area contributed by atoms with Crippen molar-refractivity contribution < 1.29 is 63.0 Å². The Morgan fingerprint density at radius 2 is 1.76 bits per heavy atom. The molecule has 1 aromatic carbocycles. The molecule has 4 aliphatic rings. The normalized spacial score (nSPS) is 28.2. The Kier molecular flexibility index (Phi) is 8.71. The zero-order chi connectivity index (χ0) is 32.8. The molecule has 0 amide bonds. The number of esters is 3. The van der Waals surface area contributed by atoms with Crippen molar-refractivity contribution in [3.05, 3.63) is 35.1 Å². The first kappa shape index (κ1) is 32.4. The fourth-order valence-electron chi connectivity index (χ4n) is 7.35. The van der Waals surface area contributed by atoms with E-state index >= 15 is 0 Å². The third kappa shape index (κ3) is 5.45. The molecular weight excluding hydrogens is 592 g/mol. The maximum atomic E-state index is 13.4. The zero-order valence-electron chi connectivity index (χ0n) is 25.6. The average Bonchev–Trinajstić information content (AvgIpc) is 3.33. The summed E-state index contributed by atoms with van der Waals surface area (Å²) in [6, 6.07) is 3.81. The number of hydrogen-bond donors (Lipinski definition) is 3. The molecule has 1 aromatic rings. The highest BCUT2D eigenvalue weighted by Crippen LogP contribution is 2.67. The molecule has 0 saturated heterocycles. The van der Waals surface area contributed by atoms with Gasteiger partial charge < -0.3 is 39.0 Å². The number of rotatable bonds is 12. The van der Waals surface area contributed by atoms with Gasteiger partial charge in [0.05, 0.1) is 30.5 Å². The van der Waals surface area contributed by atoms with Gasteiger partial charge in [0.1, 0.15) is 11.9 Å². The number of carbonyl (C=O) groups excluding carboxylic acids is 4. The van der Waals surface area contributed by atoms with Crippen molar-refractivity contribution in [3.8, 4) is 11.5 Å². The molecular formula is C32H38O13. The van der Waals surface area contributed by atoms with Crippen molar-refractivity contribution in [1.82, 2.24) is 0 Å². The van der Waals surface area contributed by atoms with E-state index in [1.807, 2.05) is 12.1 Å². The predicted molar refractivity (Wildman–Crippen MR) is 152 cm³/mol. The van der Waals surface area contributed by atoms with Crippen molar-refractivity contribution in [1.29, 1.82) is 0 Å². The molecule has 8 atom stereocenters. The Morgan fingerprint density at radius 1 is 1.04 bits per heavy atom. The lowest BCUT2D eigenvalue weighted by molar-refractivity contribution is -0.177. The minimum absolute atomic E-state index is 0.0181. The topological polar surface area (TPSA) is 192 Å². The van der Waals surface area contributed by atoms with Crippen LogP contribution in [-0.2, 0) is 50.0 Å². The number of carboxylic acids is 1. The highest BCUT2D eigenvalue weighted by molar-refractivity contribution is 5.90. The van der Waals surface area contributed by atoms with E-state index in [1.165, 1.54) is 14.0 Å². The molecule has 1 saturated carbocycles. The van der Waals surface area contributed by atoms with Crippen LogP contribution in [0.1, 0.15) is 70.4 Å². The Balaban J connectivity index is 1.36. The van der Waals surface area contributed by atoms with Crippen LogP contribution in [-0.4, -0.2) is 82.1 Å². The van der Waals surface area contributed by atoms with Gasteiger partial charge in [0.15, 0.2) is 35.6 Å². The number of benzene rings is 1. The van der Waals surface area contributed by atoms with E-state index in [0.717, 1.165) is 37.8 Å². The van der Waals surface area contributed by atoms with E-state index in [9.17, 15) is 34.2 Å². The highest BCUT2D eigenvalue weighted by atomic mass is 16.6. The van der Waals surface area contributed by atoms with Gasteiger partial charge in [-0.2, -0.15) is 0 Å². The molecule has 0 radical (unpaired) electrons. The number of carbonyl (C=O) groups is 5. The smallest absolute Gasteiger partial charge is 0.347 e. The lowest BCUT2D eigenvalue weighted by Crippen LogP contribution is -2.67. The second-order valence-corrected chi connectivity index (χ2v) is 12.3. The van der Waals surface area contributed by atoms with Crippen LogP contribution < -0.4 is 9.47 Å². The summed E-state index contributed by atoms with van der Waals surface area (Å²) < 4.78 is 27.7. The van der Waals surface area contributed by atoms with Gasteiger partial charge in [-0.05, 0) is 70.1 Å². The van der Waals surface area contributed by atoms with E-state index in [4.69, 9.17) is 28.8 Å². The van der Waals surface area contributed by atoms with E-state index in [1.54, 1.807) is 6.08 Å². The van der Waals surface area contributed by atoms with Gasteiger partial charge in [0.25, 0.3) is 0 Å². The van der Waals surface area contributed by atoms with Gasteiger partial charge in [-0.3, -0.25) is 14.4 Å². The summed E-state index contributed by atoms with van der Waals surface area (Å²) in [6.07, 6.45) is -1.73. The third-order valence-corrected chi connectivity index (χ3v) is 9.63. The number of aliphatic carboxylic acids is 1. The maximum Gasteiger partial charge on any atom is 0.347 e. The van der Waals surface area contributed by atoms with Crippen LogP contribution in [0.15, 0.2) is 24.0 Å². The molecule has 0 aromatic heterocycles. The summed E-state index contributed by atoms with van der Waals surface area (Å²) in [4.78, 5) is 62.1. The lowest BCUT2D eigenvalue weighted by atomic mass is 9.47. The number of hydrogen-bond acceptors (Lipinski definition) is 12. The molecule has 2 bridgehead atoms. The third-order valence-electron chi connectivity index (χ3n) is 9.63. The average molecular weight is 631 g/mol. The quantitative estimate of drug-likeness (QED) is 0.224. The molecule has 1 aliphatic heterocycles. The number of aliphatic hydroxyl groups is 2. The number of Topliss-reactive ketones (excluding diaryl/α,β-unsaturated/α-hetero) is 1. The fourth-order valence-corrected chi connectivity index (χ4v) is 7.35. The molecule has 3 aliphatic carbocycles. The van der Waals surface area contributed by atoms with Gasteiger partial charge >= 0.3 is 23.9 Å². The Labute approximate surface area is 259 Å². The van der Waals surface area contributed by atoms with Crippen LogP contribution in [0.5, 0.6) is 11.5 Å². The second kappa shape index (κ2) is 12.1. The number of aliphatic hydroxyl groups excluding tert-OH is 1. The van der Waals surface area contributed by atoms with Crippen molar-refractivity contribution in [3.63, 3.8) is 0 Å². The van der Waals surface area contributed by atoms with Crippen molar-refractivity contribution >= 4 is 29.7 Å². The van der Waals surface area contributed by atoms with E-state index in [-0.39, 0.29) is 18.1 Å². The fraction of sp³-hybridized carbons (Fsp3) is 0.594.